The quantitative estimate of drug-likeness (QED) is 0.632. The van der Waals surface area contributed by atoms with Crippen molar-refractivity contribution in [3.8, 4) is 0 Å². The molecule has 1 nitrogen and oxygen atoms in total. The minimum absolute atomic E-state index is 0.876. The Hall–Kier alpha value is -0.0400. The van der Waals surface area contributed by atoms with Crippen molar-refractivity contribution in [2.75, 3.05) is 13.1 Å². The predicted molar refractivity (Wildman–Crippen MR) is 59.0 cm³/mol. The predicted octanol–water partition coefficient (Wildman–Crippen LogP) is 3.30. The molecule has 0 amide bonds. The van der Waals surface area contributed by atoms with E-state index in [1.165, 1.54) is 45.2 Å². The van der Waals surface area contributed by atoms with Gasteiger partial charge in [-0.3, -0.25) is 0 Å². The summed E-state index contributed by atoms with van der Waals surface area (Å²) in [4.78, 5) is 2.72. The first-order valence-corrected chi connectivity index (χ1v) is 6.05. The van der Waals surface area contributed by atoms with Crippen LogP contribution in [0.4, 0.5) is 0 Å². The molecule has 2 unspecified atom stereocenters. The van der Waals surface area contributed by atoms with Gasteiger partial charge in [0, 0.05) is 12.6 Å². The SMILES string of the molecule is CCCC(CC)N1CCC(CC)C1. The Morgan fingerprint density at radius 3 is 2.54 bits per heavy atom. The molecule has 0 spiro atoms. The highest BCUT2D eigenvalue weighted by Crippen LogP contribution is 2.23. The lowest BCUT2D eigenvalue weighted by Gasteiger charge is -2.26. The summed E-state index contributed by atoms with van der Waals surface area (Å²) in [6, 6.07) is 0.876. The van der Waals surface area contributed by atoms with Crippen LogP contribution in [0.25, 0.3) is 0 Å². The summed E-state index contributed by atoms with van der Waals surface area (Å²) < 4.78 is 0. The van der Waals surface area contributed by atoms with Gasteiger partial charge in [0.2, 0.25) is 0 Å². The zero-order chi connectivity index (χ0) is 9.68. The van der Waals surface area contributed by atoms with Crippen LogP contribution in [0.2, 0.25) is 0 Å². The second-order valence-electron chi connectivity index (χ2n) is 4.41. The molecule has 78 valence electrons. The van der Waals surface area contributed by atoms with Gasteiger partial charge in [-0.2, -0.15) is 0 Å². The average Bonchev–Trinajstić information content (AvgIpc) is 2.62. The largest absolute Gasteiger partial charge is 0.300 e. The molecule has 2 atom stereocenters. The summed E-state index contributed by atoms with van der Waals surface area (Å²) in [6.45, 7) is 9.69. The van der Waals surface area contributed by atoms with E-state index < -0.39 is 0 Å². The maximum Gasteiger partial charge on any atom is 0.00926 e. The Labute approximate surface area is 83.5 Å². The van der Waals surface area contributed by atoms with Crippen molar-refractivity contribution in [1.29, 1.82) is 0 Å². The number of hydrogen-bond donors (Lipinski definition) is 0. The maximum atomic E-state index is 2.72. The van der Waals surface area contributed by atoms with Crippen LogP contribution in [0.3, 0.4) is 0 Å². The van der Waals surface area contributed by atoms with Crippen molar-refractivity contribution < 1.29 is 0 Å². The second-order valence-corrected chi connectivity index (χ2v) is 4.41. The smallest absolute Gasteiger partial charge is 0.00926 e. The van der Waals surface area contributed by atoms with Gasteiger partial charge in [0.1, 0.15) is 0 Å². The summed E-state index contributed by atoms with van der Waals surface area (Å²) in [5, 5.41) is 0. The van der Waals surface area contributed by atoms with E-state index in [4.69, 9.17) is 0 Å². The second kappa shape index (κ2) is 5.64. The Morgan fingerprint density at radius 1 is 1.31 bits per heavy atom. The van der Waals surface area contributed by atoms with Crippen LogP contribution in [0.5, 0.6) is 0 Å². The number of nitrogens with zero attached hydrogens (tertiary/aromatic N) is 1. The lowest BCUT2D eigenvalue weighted by Crippen LogP contribution is -2.32. The van der Waals surface area contributed by atoms with E-state index in [0.29, 0.717) is 0 Å². The van der Waals surface area contributed by atoms with E-state index in [2.05, 4.69) is 25.7 Å². The molecule has 0 aromatic rings. The van der Waals surface area contributed by atoms with Gasteiger partial charge in [-0.25, -0.2) is 0 Å². The third-order valence-electron chi connectivity index (χ3n) is 3.50. The van der Waals surface area contributed by atoms with E-state index in [1.807, 2.05) is 0 Å². The first kappa shape index (κ1) is 11.0. The summed E-state index contributed by atoms with van der Waals surface area (Å²) >= 11 is 0. The van der Waals surface area contributed by atoms with Crippen molar-refractivity contribution in [1.82, 2.24) is 4.90 Å². The molecule has 1 aliphatic rings. The van der Waals surface area contributed by atoms with Gasteiger partial charge in [0.05, 0.1) is 0 Å². The molecule has 1 fully saturated rings. The van der Waals surface area contributed by atoms with Gasteiger partial charge >= 0.3 is 0 Å². The third kappa shape index (κ3) is 2.98. The van der Waals surface area contributed by atoms with Gasteiger partial charge < -0.3 is 4.90 Å². The minimum atomic E-state index is 0.876. The average molecular weight is 183 g/mol. The molecule has 13 heavy (non-hydrogen) atoms. The Balaban J connectivity index is 2.33. The minimum Gasteiger partial charge on any atom is -0.300 e. The van der Waals surface area contributed by atoms with Crippen LogP contribution in [0.1, 0.15) is 52.9 Å². The zero-order valence-electron chi connectivity index (χ0n) is 9.55. The lowest BCUT2D eigenvalue weighted by molar-refractivity contribution is 0.214. The fourth-order valence-electron chi connectivity index (χ4n) is 2.51. The Morgan fingerprint density at radius 2 is 2.08 bits per heavy atom. The third-order valence-corrected chi connectivity index (χ3v) is 3.50. The van der Waals surface area contributed by atoms with Gasteiger partial charge in [0.15, 0.2) is 0 Å². The molecule has 1 saturated heterocycles. The molecule has 0 saturated carbocycles. The number of likely N-dealkylation sites (tertiary alicyclic amines) is 1. The summed E-state index contributed by atoms with van der Waals surface area (Å²) in [7, 11) is 0. The van der Waals surface area contributed by atoms with Crippen molar-refractivity contribution in [2.45, 2.75) is 58.9 Å². The van der Waals surface area contributed by atoms with Crippen LogP contribution in [-0.2, 0) is 0 Å². The molecule has 0 bridgehead atoms. The molecule has 1 aliphatic heterocycles. The highest BCUT2D eigenvalue weighted by molar-refractivity contribution is 4.79. The normalized spacial score (nSPS) is 26.5. The molecular weight excluding hydrogens is 158 g/mol. The van der Waals surface area contributed by atoms with Crippen molar-refractivity contribution >= 4 is 0 Å². The van der Waals surface area contributed by atoms with E-state index in [0.717, 1.165) is 12.0 Å². The first-order valence-electron chi connectivity index (χ1n) is 6.05. The van der Waals surface area contributed by atoms with Crippen molar-refractivity contribution in [2.24, 2.45) is 5.92 Å². The van der Waals surface area contributed by atoms with Crippen LogP contribution >= 0.6 is 0 Å². The lowest BCUT2D eigenvalue weighted by atomic mass is 10.1. The molecule has 0 aliphatic carbocycles. The molecular formula is C12H25N. The summed E-state index contributed by atoms with van der Waals surface area (Å²) in [5.74, 6) is 0.992. The standard InChI is InChI=1S/C12H25N/c1-4-7-12(6-3)13-9-8-11(5-2)10-13/h11-12H,4-10H2,1-3H3. The van der Waals surface area contributed by atoms with E-state index in [9.17, 15) is 0 Å². The molecule has 0 aromatic carbocycles. The van der Waals surface area contributed by atoms with E-state index in [-0.39, 0.29) is 0 Å². The molecule has 0 N–H and O–H groups in total. The van der Waals surface area contributed by atoms with Gasteiger partial charge in [0.25, 0.3) is 0 Å². The number of hydrogen-bond acceptors (Lipinski definition) is 1. The molecule has 1 rings (SSSR count). The summed E-state index contributed by atoms with van der Waals surface area (Å²) in [5.41, 5.74) is 0. The van der Waals surface area contributed by atoms with Gasteiger partial charge in [-0.05, 0) is 31.7 Å². The maximum absolute atomic E-state index is 2.72. The fourth-order valence-corrected chi connectivity index (χ4v) is 2.51. The highest BCUT2D eigenvalue weighted by atomic mass is 15.2. The van der Waals surface area contributed by atoms with Crippen molar-refractivity contribution in [3.63, 3.8) is 0 Å². The van der Waals surface area contributed by atoms with Crippen LogP contribution in [-0.4, -0.2) is 24.0 Å². The topological polar surface area (TPSA) is 3.24 Å². The van der Waals surface area contributed by atoms with Crippen LogP contribution in [0.15, 0.2) is 0 Å². The Bertz CT molecular complexity index is 133. The molecule has 1 heterocycles. The number of rotatable bonds is 5. The van der Waals surface area contributed by atoms with Gasteiger partial charge in [-0.15, -0.1) is 0 Å². The van der Waals surface area contributed by atoms with Crippen LogP contribution in [0, 0.1) is 5.92 Å². The first-order chi connectivity index (χ1) is 6.31. The Kier molecular flexibility index (Phi) is 4.79. The van der Waals surface area contributed by atoms with E-state index >= 15 is 0 Å². The van der Waals surface area contributed by atoms with Crippen LogP contribution < -0.4 is 0 Å². The monoisotopic (exact) mass is 183 g/mol. The molecule has 1 heteroatoms. The summed E-state index contributed by atoms with van der Waals surface area (Å²) in [6.07, 6.45) is 6.89. The fraction of sp³-hybridized carbons (Fsp3) is 1.00. The van der Waals surface area contributed by atoms with E-state index in [1.54, 1.807) is 0 Å². The molecule has 0 aromatic heterocycles. The molecule has 0 radical (unpaired) electrons. The highest BCUT2D eigenvalue weighted by Gasteiger charge is 2.25. The van der Waals surface area contributed by atoms with Gasteiger partial charge in [-0.1, -0.05) is 33.6 Å². The van der Waals surface area contributed by atoms with Crippen molar-refractivity contribution in [3.05, 3.63) is 0 Å². The zero-order valence-corrected chi connectivity index (χ0v) is 9.55.